The van der Waals surface area contributed by atoms with Crippen LogP contribution in [0.4, 0.5) is 19.3 Å². The summed E-state index contributed by atoms with van der Waals surface area (Å²) in [6.07, 6.45) is 0.209. The van der Waals surface area contributed by atoms with Gasteiger partial charge < -0.3 is 9.64 Å². The van der Waals surface area contributed by atoms with Crippen LogP contribution in [0.2, 0.25) is 0 Å². The molecule has 1 aromatic carbocycles. The third-order valence-corrected chi connectivity index (χ3v) is 6.91. The van der Waals surface area contributed by atoms with Crippen molar-refractivity contribution in [3.8, 4) is 11.8 Å². The Bertz CT molecular complexity index is 1230. The van der Waals surface area contributed by atoms with Gasteiger partial charge in [-0.3, -0.25) is 25.2 Å². The van der Waals surface area contributed by atoms with Crippen molar-refractivity contribution in [1.29, 1.82) is 0 Å². The second-order valence-corrected chi connectivity index (χ2v) is 9.20. The van der Waals surface area contributed by atoms with E-state index in [4.69, 9.17) is 4.74 Å². The molecule has 2 fully saturated rings. The average molecular weight is 472 g/mol. The maximum Gasteiger partial charge on any atom is 0.328 e. The van der Waals surface area contributed by atoms with Crippen LogP contribution in [0.1, 0.15) is 29.9 Å². The largest absolute Gasteiger partial charge is 0.372 e. The summed E-state index contributed by atoms with van der Waals surface area (Å²) in [6.45, 7) is 3.56. The van der Waals surface area contributed by atoms with E-state index in [1.807, 2.05) is 0 Å². The lowest BCUT2D eigenvalue weighted by atomic mass is 9.66. The summed E-state index contributed by atoms with van der Waals surface area (Å²) in [4.78, 5) is 44.0. The molecule has 33 heavy (non-hydrogen) atoms. The fraction of sp³-hybridized carbons (Fsp3) is 0.364. The van der Waals surface area contributed by atoms with Gasteiger partial charge in [0.05, 0.1) is 46.1 Å². The third-order valence-electron chi connectivity index (χ3n) is 6.22. The number of anilines is 1. The number of fused-ring (bicyclic) bond motifs is 4. The Morgan fingerprint density at radius 3 is 2.58 bits per heavy atom. The molecule has 4 heterocycles. The molecule has 2 aromatic rings. The van der Waals surface area contributed by atoms with E-state index in [9.17, 15) is 14.4 Å². The molecule has 4 amide bonds. The number of nitrogens with zero attached hydrogens (tertiary/aromatic N) is 2. The fourth-order valence-corrected chi connectivity index (χ4v) is 5.50. The molecule has 0 saturated carbocycles. The summed E-state index contributed by atoms with van der Waals surface area (Å²) < 4.78 is 36.4. The Labute approximate surface area is 191 Å². The number of aromatic nitrogens is 1. The Kier molecular flexibility index (Phi) is 4.95. The molecule has 170 valence electrons. The summed E-state index contributed by atoms with van der Waals surface area (Å²) >= 11 is 1.25. The highest BCUT2D eigenvalue weighted by Gasteiger charge is 2.63. The van der Waals surface area contributed by atoms with Crippen LogP contribution >= 0.6 is 11.3 Å². The lowest BCUT2D eigenvalue weighted by Crippen LogP contribution is -2.75. The number of hydrogen-bond acceptors (Lipinski definition) is 7. The second-order valence-electron chi connectivity index (χ2n) is 8.31. The van der Waals surface area contributed by atoms with Crippen LogP contribution in [-0.2, 0) is 20.7 Å². The number of ether oxygens (including phenoxy) is 1. The molecule has 3 aliphatic rings. The summed E-state index contributed by atoms with van der Waals surface area (Å²) in [6, 6.07) is -0.508. The van der Waals surface area contributed by atoms with E-state index in [1.165, 1.54) is 28.5 Å². The number of barbiturate groups is 1. The molecular weight excluding hydrogens is 454 g/mol. The van der Waals surface area contributed by atoms with Crippen molar-refractivity contribution in [3.05, 3.63) is 45.4 Å². The molecule has 3 atom stereocenters. The molecule has 1 aromatic heterocycles. The second kappa shape index (κ2) is 7.60. The fourth-order valence-electron chi connectivity index (χ4n) is 5.03. The SMILES string of the molecule is C[C@H]1CN2c3c(cc(C#Cc4cncs4)c(F)c3F)CC3(C(=O)NC(=O)NC3=O)[C@@H]2[C@@H](C)O1. The number of benzene rings is 1. The maximum absolute atomic E-state index is 15.5. The van der Waals surface area contributed by atoms with E-state index in [0.29, 0.717) is 4.88 Å². The predicted molar refractivity (Wildman–Crippen MR) is 113 cm³/mol. The number of morpholine rings is 1. The third kappa shape index (κ3) is 3.20. The first kappa shape index (κ1) is 21.5. The van der Waals surface area contributed by atoms with Gasteiger partial charge in [-0.1, -0.05) is 5.92 Å². The molecule has 11 heteroatoms. The predicted octanol–water partition coefficient (Wildman–Crippen LogP) is 1.71. The van der Waals surface area contributed by atoms with Crippen molar-refractivity contribution >= 4 is 34.9 Å². The van der Waals surface area contributed by atoms with Crippen molar-refractivity contribution in [2.45, 2.75) is 38.5 Å². The zero-order valence-electron chi connectivity index (χ0n) is 17.6. The summed E-state index contributed by atoms with van der Waals surface area (Å²) in [7, 11) is 0. The number of hydrogen-bond donors (Lipinski definition) is 2. The number of imide groups is 2. The van der Waals surface area contributed by atoms with Gasteiger partial charge in [0.15, 0.2) is 17.0 Å². The zero-order valence-corrected chi connectivity index (χ0v) is 18.4. The highest BCUT2D eigenvalue weighted by Crippen LogP contribution is 2.48. The van der Waals surface area contributed by atoms with E-state index < -0.39 is 47.0 Å². The number of thiazole rings is 1. The highest BCUT2D eigenvalue weighted by molar-refractivity contribution is 7.10. The molecule has 1 spiro atoms. The molecule has 2 N–H and O–H groups in total. The van der Waals surface area contributed by atoms with E-state index in [1.54, 1.807) is 19.4 Å². The molecule has 0 radical (unpaired) electrons. The van der Waals surface area contributed by atoms with Crippen LogP contribution in [0.3, 0.4) is 0 Å². The van der Waals surface area contributed by atoms with E-state index in [2.05, 4.69) is 27.5 Å². The van der Waals surface area contributed by atoms with Crippen LogP contribution in [0.15, 0.2) is 17.8 Å². The first-order valence-corrected chi connectivity index (χ1v) is 11.1. The summed E-state index contributed by atoms with van der Waals surface area (Å²) in [5.74, 6) is 1.55. The number of carbonyl (C=O) groups is 3. The van der Waals surface area contributed by atoms with E-state index >= 15 is 8.78 Å². The molecule has 2 saturated heterocycles. The number of urea groups is 1. The Balaban J connectivity index is 1.70. The van der Waals surface area contributed by atoms with Gasteiger partial charge in [0.1, 0.15) is 0 Å². The minimum atomic E-state index is -1.77. The summed E-state index contributed by atoms with van der Waals surface area (Å²) in [5.41, 5.74) is -0.173. The molecule has 0 unspecified atom stereocenters. The number of rotatable bonds is 0. The van der Waals surface area contributed by atoms with Crippen molar-refractivity contribution in [2.75, 3.05) is 11.4 Å². The number of amides is 4. The smallest absolute Gasteiger partial charge is 0.328 e. The van der Waals surface area contributed by atoms with Gasteiger partial charge >= 0.3 is 6.03 Å². The molecular formula is C22H18F2N4O4S. The molecule has 5 rings (SSSR count). The number of carbonyl (C=O) groups excluding carboxylic acids is 3. The normalized spacial score (nSPS) is 25.5. The van der Waals surface area contributed by atoms with Gasteiger partial charge in [0.25, 0.3) is 0 Å². The molecule has 8 nitrogen and oxygen atoms in total. The molecule has 0 bridgehead atoms. The van der Waals surface area contributed by atoms with Crippen molar-refractivity contribution in [1.82, 2.24) is 15.6 Å². The van der Waals surface area contributed by atoms with E-state index in [-0.39, 0.29) is 35.9 Å². The lowest BCUT2D eigenvalue weighted by molar-refractivity contribution is -0.153. The minimum Gasteiger partial charge on any atom is -0.372 e. The average Bonchev–Trinajstić information content (AvgIpc) is 3.26. The monoisotopic (exact) mass is 472 g/mol. The van der Waals surface area contributed by atoms with Gasteiger partial charge in [-0.2, -0.15) is 0 Å². The van der Waals surface area contributed by atoms with Crippen LogP contribution < -0.4 is 15.5 Å². The van der Waals surface area contributed by atoms with Gasteiger partial charge in [-0.25, -0.2) is 13.6 Å². The van der Waals surface area contributed by atoms with Gasteiger partial charge in [0.2, 0.25) is 11.8 Å². The van der Waals surface area contributed by atoms with Crippen LogP contribution in [0, 0.1) is 28.9 Å². The standard InChI is InChI=1S/C22H18F2N4O4S/c1-10-8-28-17-13(5-12(15(23)16(17)24)3-4-14-7-25-9-33-14)6-22(18(28)11(2)32-10)19(29)26-21(31)27-20(22)30/h5,7,9-11,18H,6,8H2,1-2H3,(H2,26,27,29,30,31)/t10-,11+,18-/m0/s1. The highest BCUT2D eigenvalue weighted by atomic mass is 32.1. The molecule has 0 aliphatic carbocycles. The zero-order chi connectivity index (χ0) is 23.5. The van der Waals surface area contributed by atoms with Crippen molar-refractivity contribution in [3.63, 3.8) is 0 Å². The Morgan fingerprint density at radius 1 is 1.18 bits per heavy atom. The number of halogens is 2. The first-order chi connectivity index (χ1) is 15.7. The van der Waals surface area contributed by atoms with Gasteiger partial charge in [0, 0.05) is 13.0 Å². The first-order valence-electron chi connectivity index (χ1n) is 10.2. The number of nitrogens with one attached hydrogen (secondary N) is 2. The minimum absolute atomic E-state index is 0.0223. The van der Waals surface area contributed by atoms with E-state index in [0.717, 1.165) is 0 Å². The van der Waals surface area contributed by atoms with Gasteiger partial charge in [-0.05, 0) is 31.4 Å². The van der Waals surface area contributed by atoms with Crippen LogP contribution in [0.25, 0.3) is 0 Å². The Hall–Kier alpha value is -3.36. The summed E-state index contributed by atoms with van der Waals surface area (Å²) in [5, 5.41) is 4.31. The van der Waals surface area contributed by atoms with Crippen molar-refractivity contribution < 1.29 is 27.9 Å². The Morgan fingerprint density at radius 2 is 1.91 bits per heavy atom. The van der Waals surface area contributed by atoms with Gasteiger partial charge in [-0.15, -0.1) is 11.3 Å². The lowest BCUT2D eigenvalue weighted by Gasteiger charge is -2.55. The topological polar surface area (TPSA) is 101 Å². The maximum atomic E-state index is 15.5. The van der Waals surface area contributed by atoms with Crippen LogP contribution in [-0.4, -0.2) is 47.6 Å². The molecule has 3 aliphatic heterocycles. The van der Waals surface area contributed by atoms with Crippen LogP contribution in [0.5, 0.6) is 0 Å². The quantitative estimate of drug-likeness (QED) is 0.447. The van der Waals surface area contributed by atoms with Crippen molar-refractivity contribution in [2.24, 2.45) is 5.41 Å².